The number of aryl methyl sites for hydroxylation is 2. The maximum Gasteiger partial charge on any atom is 2.00 e. The first-order chi connectivity index (χ1) is 25.1. The average molecular weight is 761 g/mol. The molecule has 0 spiro atoms. The van der Waals surface area contributed by atoms with E-state index in [0.29, 0.717) is 11.5 Å². The van der Waals surface area contributed by atoms with Crippen molar-refractivity contribution in [2.24, 2.45) is 0 Å². The van der Waals surface area contributed by atoms with E-state index in [4.69, 9.17) is 14.7 Å². The number of hydrogen-bond donors (Lipinski definition) is 0. The van der Waals surface area contributed by atoms with E-state index in [1.165, 1.54) is 22.3 Å². The zero-order valence-electron chi connectivity index (χ0n) is 28.0. The summed E-state index contributed by atoms with van der Waals surface area (Å²) in [5.41, 5.74) is 12.3. The maximum atomic E-state index is 6.57. The first-order valence-corrected chi connectivity index (χ1v) is 16.9. The molecule has 5 heterocycles. The van der Waals surface area contributed by atoms with Crippen LogP contribution in [0.15, 0.2) is 122 Å². The summed E-state index contributed by atoms with van der Waals surface area (Å²) in [5.74, 6) is 1.14. The van der Waals surface area contributed by atoms with E-state index in [1.807, 2.05) is 48.7 Å². The predicted molar refractivity (Wildman–Crippen MR) is 204 cm³/mol. The minimum Gasteiger partial charge on any atom is -0.497 e. The van der Waals surface area contributed by atoms with Crippen LogP contribution in [-0.4, -0.2) is 28.7 Å². The van der Waals surface area contributed by atoms with Crippen LogP contribution in [0.4, 0.5) is 0 Å². The van der Waals surface area contributed by atoms with Crippen molar-refractivity contribution in [2.45, 2.75) is 13.8 Å². The van der Waals surface area contributed by atoms with Crippen LogP contribution < -0.4 is 4.74 Å². The molecule has 0 N–H and O–H groups in total. The topological polar surface area (TPSA) is 69.6 Å². The van der Waals surface area contributed by atoms with E-state index >= 15 is 0 Å². The van der Waals surface area contributed by atoms with Crippen LogP contribution in [0, 0.1) is 26.0 Å². The quantitative estimate of drug-likeness (QED) is 0.102. The molecule has 11 rings (SSSR count). The SMILES string of the molecule is Cc1cccc(C)c1-c1cccc2c3ccc(Oc4[c-]c5c(cc4)c4cncnc4n4c6ccccc6nc54)[c-]c3c3nc4ccccc4n3c12.[Pd+2]. The molecule has 0 aliphatic carbocycles. The van der Waals surface area contributed by atoms with Crippen molar-refractivity contribution in [1.29, 1.82) is 0 Å². The van der Waals surface area contributed by atoms with Gasteiger partial charge >= 0.3 is 20.4 Å². The van der Waals surface area contributed by atoms with E-state index in [-0.39, 0.29) is 20.4 Å². The van der Waals surface area contributed by atoms with Gasteiger partial charge in [-0.1, -0.05) is 106 Å². The van der Waals surface area contributed by atoms with Gasteiger partial charge in [-0.15, -0.1) is 12.1 Å². The number of aromatic nitrogens is 6. The molecule has 7 nitrogen and oxygen atoms in total. The summed E-state index contributed by atoms with van der Waals surface area (Å²) in [6, 6.07) is 44.7. The summed E-state index contributed by atoms with van der Waals surface area (Å²) in [4.78, 5) is 19.2. The third kappa shape index (κ3) is 4.29. The molecule has 248 valence electrons. The molecule has 0 amide bonds. The van der Waals surface area contributed by atoms with Gasteiger partial charge in [0, 0.05) is 34.2 Å². The van der Waals surface area contributed by atoms with Crippen LogP contribution in [0.3, 0.4) is 0 Å². The van der Waals surface area contributed by atoms with E-state index in [2.05, 4.69) is 111 Å². The fourth-order valence-corrected chi connectivity index (χ4v) is 7.95. The number of ether oxygens (including phenoxy) is 1. The number of pyridine rings is 2. The Morgan fingerprint density at radius 2 is 1.15 bits per heavy atom. The number of benzene rings is 6. The first-order valence-electron chi connectivity index (χ1n) is 16.9. The molecule has 0 bridgehead atoms. The zero-order valence-corrected chi connectivity index (χ0v) is 29.5. The Balaban J connectivity index is 0.00000338. The molecule has 0 radical (unpaired) electrons. The summed E-state index contributed by atoms with van der Waals surface area (Å²) in [7, 11) is 0. The summed E-state index contributed by atoms with van der Waals surface area (Å²) >= 11 is 0. The van der Waals surface area contributed by atoms with Gasteiger partial charge in [-0.25, -0.2) is 9.97 Å². The number of imidazole rings is 2. The van der Waals surface area contributed by atoms with Gasteiger partial charge in [-0.2, -0.15) is 0 Å². The van der Waals surface area contributed by atoms with Gasteiger partial charge in [-0.3, -0.25) is 9.97 Å². The summed E-state index contributed by atoms with van der Waals surface area (Å²) < 4.78 is 10.9. The van der Waals surface area contributed by atoms with Crippen molar-refractivity contribution in [3.8, 4) is 22.6 Å². The number of rotatable bonds is 3. The van der Waals surface area contributed by atoms with Gasteiger partial charge < -0.3 is 13.5 Å². The molecule has 0 unspecified atom stereocenters. The van der Waals surface area contributed by atoms with Crippen LogP contribution >= 0.6 is 0 Å². The Morgan fingerprint density at radius 3 is 1.85 bits per heavy atom. The molecule has 0 aliphatic rings. The maximum absolute atomic E-state index is 6.57. The third-order valence-electron chi connectivity index (χ3n) is 10.1. The molecular weight excluding hydrogens is 735 g/mol. The van der Waals surface area contributed by atoms with Crippen LogP contribution in [-0.2, 0) is 20.4 Å². The minimum absolute atomic E-state index is 0. The fraction of sp³-hybridized carbons (Fsp3) is 0.0455. The monoisotopic (exact) mass is 760 g/mol. The van der Waals surface area contributed by atoms with Crippen LogP contribution in [0.25, 0.3) is 88.0 Å². The normalized spacial score (nSPS) is 11.9. The number of nitrogens with zero attached hydrogens (tertiary/aromatic N) is 6. The van der Waals surface area contributed by atoms with Crippen molar-refractivity contribution in [3.05, 3.63) is 145 Å². The molecule has 0 aliphatic heterocycles. The van der Waals surface area contributed by atoms with Crippen molar-refractivity contribution >= 4 is 76.8 Å². The molecule has 6 aromatic carbocycles. The number of fused-ring (bicyclic) bond motifs is 16. The van der Waals surface area contributed by atoms with Crippen LogP contribution in [0.5, 0.6) is 11.5 Å². The van der Waals surface area contributed by atoms with Gasteiger partial charge in [0.1, 0.15) is 12.0 Å². The van der Waals surface area contributed by atoms with Gasteiger partial charge in [0.05, 0.1) is 33.4 Å². The molecule has 0 saturated carbocycles. The van der Waals surface area contributed by atoms with E-state index < -0.39 is 0 Å². The molecule has 0 fully saturated rings. The van der Waals surface area contributed by atoms with E-state index in [9.17, 15) is 0 Å². The Hall–Kier alpha value is -6.20. The second kappa shape index (κ2) is 11.4. The number of hydrogen-bond acceptors (Lipinski definition) is 5. The van der Waals surface area contributed by atoms with Crippen molar-refractivity contribution < 1.29 is 25.2 Å². The van der Waals surface area contributed by atoms with Gasteiger partial charge in [0.25, 0.3) is 0 Å². The van der Waals surface area contributed by atoms with E-state index in [0.717, 1.165) is 76.8 Å². The van der Waals surface area contributed by atoms with Gasteiger partial charge in [0.2, 0.25) is 0 Å². The Labute approximate surface area is 310 Å². The smallest absolute Gasteiger partial charge is 0.497 e. The molecule has 11 aromatic rings. The standard InChI is InChI=1S/C44H26N6O.Pd/c1-25-9-7-10-26(2)40(25)32-12-8-11-31-29-19-17-27(21-33(29)43-47-36-13-3-5-15-38(36)49(43)41(31)32)51-28-18-20-30-34(22-28)44-48-37-14-4-6-16-39(37)50(44)42-35(30)23-45-24-46-42;/h3-20,23-24H,1-2H3;/q-2;+2. The Kier molecular flexibility index (Phi) is 6.72. The second-order valence-corrected chi connectivity index (χ2v) is 13.1. The van der Waals surface area contributed by atoms with Gasteiger partial charge in [-0.05, 0) is 60.2 Å². The Bertz CT molecular complexity index is 3250. The summed E-state index contributed by atoms with van der Waals surface area (Å²) in [6.07, 6.45) is 3.42. The average Bonchev–Trinajstić information content (AvgIpc) is 3.75. The molecule has 52 heavy (non-hydrogen) atoms. The second-order valence-electron chi connectivity index (χ2n) is 13.1. The molecular formula is C44H26N6OPd. The van der Waals surface area contributed by atoms with Crippen molar-refractivity contribution in [2.75, 3.05) is 0 Å². The van der Waals surface area contributed by atoms with Crippen molar-refractivity contribution in [1.82, 2.24) is 28.7 Å². The van der Waals surface area contributed by atoms with Crippen molar-refractivity contribution in [3.63, 3.8) is 0 Å². The summed E-state index contributed by atoms with van der Waals surface area (Å²) in [5, 5.41) is 5.79. The summed E-state index contributed by atoms with van der Waals surface area (Å²) in [6.45, 7) is 4.37. The van der Waals surface area contributed by atoms with Gasteiger partial charge in [0.15, 0.2) is 0 Å². The van der Waals surface area contributed by atoms with Crippen LogP contribution in [0.2, 0.25) is 0 Å². The largest absolute Gasteiger partial charge is 2.00 e. The molecule has 8 heteroatoms. The fourth-order valence-electron chi connectivity index (χ4n) is 7.95. The minimum atomic E-state index is 0. The van der Waals surface area contributed by atoms with E-state index in [1.54, 1.807) is 6.33 Å². The zero-order chi connectivity index (χ0) is 33.8. The third-order valence-corrected chi connectivity index (χ3v) is 10.1. The first kappa shape index (κ1) is 30.6. The molecule has 0 atom stereocenters. The van der Waals surface area contributed by atoms with Crippen LogP contribution in [0.1, 0.15) is 11.1 Å². The predicted octanol–water partition coefficient (Wildman–Crippen LogP) is 10.4. The number of para-hydroxylation sites is 5. The molecule has 0 saturated heterocycles. The molecule has 5 aromatic heterocycles. The Morgan fingerprint density at radius 1 is 0.558 bits per heavy atom.